The van der Waals surface area contributed by atoms with E-state index in [4.69, 9.17) is 4.52 Å². The minimum absolute atomic E-state index is 0.0326. The fourth-order valence-corrected chi connectivity index (χ4v) is 3.75. The van der Waals surface area contributed by atoms with Crippen LogP contribution in [-0.4, -0.2) is 34.0 Å². The first kappa shape index (κ1) is 16.5. The first-order chi connectivity index (χ1) is 12.6. The average Bonchev–Trinajstić information content (AvgIpc) is 3.33. The van der Waals surface area contributed by atoms with Crippen LogP contribution in [0, 0.1) is 13.8 Å². The molecule has 0 bridgehead atoms. The van der Waals surface area contributed by atoms with Crippen LogP contribution < -0.4 is 0 Å². The predicted octanol–water partition coefficient (Wildman–Crippen LogP) is 3.71. The van der Waals surface area contributed by atoms with Crippen LogP contribution in [0.5, 0.6) is 0 Å². The molecule has 1 aromatic heterocycles. The van der Waals surface area contributed by atoms with E-state index in [1.165, 1.54) is 12.0 Å². The highest BCUT2D eigenvalue weighted by atomic mass is 16.5. The summed E-state index contributed by atoms with van der Waals surface area (Å²) in [5.41, 5.74) is 4.05. The van der Waals surface area contributed by atoms with Crippen LogP contribution in [0.4, 0.5) is 0 Å². The van der Waals surface area contributed by atoms with Gasteiger partial charge in [0.25, 0.3) is 5.91 Å². The lowest BCUT2D eigenvalue weighted by Gasteiger charge is -2.18. The highest BCUT2D eigenvalue weighted by Crippen LogP contribution is 2.39. The zero-order valence-corrected chi connectivity index (χ0v) is 14.9. The highest BCUT2D eigenvalue weighted by molar-refractivity contribution is 5.96. The van der Waals surface area contributed by atoms with Gasteiger partial charge in [-0.1, -0.05) is 53.2 Å². The zero-order chi connectivity index (χ0) is 18.1. The van der Waals surface area contributed by atoms with Crippen molar-refractivity contribution in [2.24, 2.45) is 0 Å². The molecule has 3 aromatic rings. The Balaban J connectivity index is 1.67. The summed E-state index contributed by atoms with van der Waals surface area (Å²) >= 11 is 0. The molecule has 2 heterocycles. The van der Waals surface area contributed by atoms with E-state index in [0.29, 0.717) is 18.9 Å². The van der Waals surface area contributed by atoms with Gasteiger partial charge in [-0.05, 0) is 31.0 Å². The molecule has 1 fully saturated rings. The predicted molar refractivity (Wildman–Crippen MR) is 98.0 cm³/mol. The van der Waals surface area contributed by atoms with Crippen molar-refractivity contribution in [2.45, 2.75) is 25.7 Å². The van der Waals surface area contributed by atoms with E-state index in [-0.39, 0.29) is 17.7 Å². The van der Waals surface area contributed by atoms with Gasteiger partial charge in [-0.15, -0.1) is 0 Å². The third-order valence-electron chi connectivity index (χ3n) is 5.17. The lowest BCUT2D eigenvalue weighted by Crippen LogP contribution is -2.29. The van der Waals surface area contributed by atoms with Crippen LogP contribution in [0.1, 0.15) is 44.7 Å². The Bertz CT molecular complexity index is 906. The molecule has 0 unspecified atom stereocenters. The molecule has 132 valence electrons. The Kier molecular flexibility index (Phi) is 4.29. The number of aromatic nitrogens is 2. The number of carbonyl (C=O) groups is 1. The van der Waals surface area contributed by atoms with Crippen LogP contribution >= 0.6 is 0 Å². The third-order valence-corrected chi connectivity index (χ3v) is 5.17. The summed E-state index contributed by atoms with van der Waals surface area (Å²) in [6.07, 6.45) is 1.35. The molecule has 4 rings (SSSR count). The molecular formula is C21H21N3O2. The number of rotatable bonds is 3. The Hall–Kier alpha value is -2.95. The molecule has 0 saturated carbocycles. The van der Waals surface area contributed by atoms with E-state index in [2.05, 4.69) is 22.3 Å². The number of amides is 1. The van der Waals surface area contributed by atoms with Crippen LogP contribution in [-0.2, 0) is 0 Å². The van der Waals surface area contributed by atoms with Crippen molar-refractivity contribution in [1.29, 1.82) is 0 Å². The smallest absolute Gasteiger partial charge is 0.254 e. The van der Waals surface area contributed by atoms with Crippen molar-refractivity contribution in [3.05, 3.63) is 83.0 Å². The van der Waals surface area contributed by atoms with Gasteiger partial charge in [-0.25, -0.2) is 0 Å². The number of nitrogens with zero attached hydrogens (tertiary/aromatic N) is 3. The van der Waals surface area contributed by atoms with E-state index in [1.54, 1.807) is 0 Å². The Morgan fingerprint density at radius 1 is 1.08 bits per heavy atom. The van der Waals surface area contributed by atoms with E-state index >= 15 is 0 Å². The summed E-state index contributed by atoms with van der Waals surface area (Å²) in [4.78, 5) is 19.3. The maximum Gasteiger partial charge on any atom is 0.254 e. The molecule has 1 aliphatic rings. The summed E-state index contributed by atoms with van der Waals surface area (Å²) < 4.78 is 4.96. The van der Waals surface area contributed by atoms with Crippen LogP contribution in [0.15, 0.2) is 59.4 Å². The minimum atomic E-state index is 0.0326. The molecule has 0 aliphatic carbocycles. The number of aryl methyl sites for hydroxylation is 2. The molecule has 1 saturated heterocycles. The summed E-state index contributed by atoms with van der Waals surface area (Å²) in [5, 5.41) is 4.05. The van der Waals surface area contributed by atoms with E-state index in [9.17, 15) is 4.79 Å². The average molecular weight is 347 g/mol. The second-order valence-corrected chi connectivity index (χ2v) is 6.94. The minimum Gasteiger partial charge on any atom is -0.343 e. The highest BCUT2D eigenvalue weighted by Gasteiger charge is 2.39. The molecule has 2 aromatic carbocycles. The molecule has 26 heavy (non-hydrogen) atoms. The molecule has 1 aliphatic heterocycles. The molecule has 2 atom stereocenters. The maximum atomic E-state index is 13.2. The lowest BCUT2D eigenvalue weighted by molar-refractivity contribution is 0.0788. The van der Waals surface area contributed by atoms with Gasteiger partial charge in [0.05, 0.1) is 0 Å². The second kappa shape index (κ2) is 6.75. The van der Waals surface area contributed by atoms with Crippen molar-refractivity contribution >= 4 is 5.91 Å². The van der Waals surface area contributed by atoms with Gasteiger partial charge in [-0.3, -0.25) is 4.79 Å². The van der Waals surface area contributed by atoms with E-state index < -0.39 is 0 Å². The normalized spacial score (nSPS) is 19.7. The fourth-order valence-electron chi connectivity index (χ4n) is 3.75. The Labute approximate surface area is 152 Å². The Morgan fingerprint density at radius 2 is 1.85 bits per heavy atom. The van der Waals surface area contributed by atoms with Gasteiger partial charge in [-0.2, -0.15) is 4.98 Å². The number of hydrogen-bond acceptors (Lipinski definition) is 4. The van der Waals surface area contributed by atoms with Gasteiger partial charge in [0.1, 0.15) is 0 Å². The zero-order valence-electron chi connectivity index (χ0n) is 14.9. The van der Waals surface area contributed by atoms with E-state index in [1.807, 2.05) is 55.1 Å². The van der Waals surface area contributed by atoms with Crippen LogP contribution in [0.2, 0.25) is 0 Å². The van der Waals surface area contributed by atoms with E-state index in [0.717, 1.165) is 16.7 Å². The molecule has 0 spiro atoms. The number of hydrogen-bond donors (Lipinski definition) is 0. The molecule has 1 amide bonds. The van der Waals surface area contributed by atoms with Crippen molar-refractivity contribution in [3.63, 3.8) is 0 Å². The van der Waals surface area contributed by atoms with Crippen molar-refractivity contribution in [3.8, 4) is 0 Å². The standard InChI is InChI=1S/C21H21N3O2/c1-14-8-9-15(2)17(10-14)21(25)24-11-18(16-6-4-3-5-7-16)19(12-24)20-22-13-26-23-20/h3-10,13,18-19H,11-12H2,1-2H3/t18-,19-/m1/s1. The number of carbonyl (C=O) groups excluding carboxylic acids is 1. The summed E-state index contributed by atoms with van der Waals surface area (Å²) in [6.45, 7) is 5.23. The Morgan fingerprint density at radius 3 is 2.58 bits per heavy atom. The van der Waals surface area contributed by atoms with Gasteiger partial charge >= 0.3 is 0 Å². The van der Waals surface area contributed by atoms with Crippen molar-refractivity contribution in [1.82, 2.24) is 15.0 Å². The quantitative estimate of drug-likeness (QED) is 0.725. The molecular weight excluding hydrogens is 326 g/mol. The van der Waals surface area contributed by atoms with Crippen molar-refractivity contribution in [2.75, 3.05) is 13.1 Å². The third kappa shape index (κ3) is 3.01. The first-order valence-electron chi connectivity index (χ1n) is 8.81. The van der Waals surface area contributed by atoms with Gasteiger partial charge < -0.3 is 9.42 Å². The van der Waals surface area contributed by atoms with Gasteiger partial charge in [0, 0.05) is 30.5 Å². The van der Waals surface area contributed by atoms with Gasteiger partial charge in [0.15, 0.2) is 5.82 Å². The maximum absolute atomic E-state index is 13.2. The first-order valence-corrected chi connectivity index (χ1v) is 8.81. The van der Waals surface area contributed by atoms with Crippen molar-refractivity contribution < 1.29 is 9.32 Å². The van der Waals surface area contributed by atoms with Gasteiger partial charge in [0.2, 0.25) is 6.39 Å². The second-order valence-electron chi connectivity index (χ2n) is 6.94. The monoisotopic (exact) mass is 347 g/mol. The number of likely N-dealkylation sites (tertiary alicyclic amines) is 1. The lowest BCUT2D eigenvalue weighted by atomic mass is 9.88. The molecule has 0 radical (unpaired) electrons. The molecule has 5 heteroatoms. The molecule has 5 nitrogen and oxygen atoms in total. The SMILES string of the molecule is Cc1ccc(C)c(C(=O)N2C[C@H](c3ccccc3)[C@H](c3ncon3)C2)c1. The summed E-state index contributed by atoms with van der Waals surface area (Å²) in [7, 11) is 0. The fraction of sp³-hybridized carbons (Fsp3) is 0.286. The largest absolute Gasteiger partial charge is 0.343 e. The van der Waals surface area contributed by atoms with Crippen LogP contribution in [0.25, 0.3) is 0 Å². The van der Waals surface area contributed by atoms with Crippen LogP contribution in [0.3, 0.4) is 0 Å². The summed E-state index contributed by atoms with van der Waals surface area (Å²) in [6, 6.07) is 16.3. The molecule has 0 N–H and O–H groups in total. The summed E-state index contributed by atoms with van der Waals surface area (Å²) in [5.74, 6) is 0.918. The number of benzene rings is 2. The topological polar surface area (TPSA) is 59.2 Å².